The van der Waals surface area contributed by atoms with Crippen molar-refractivity contribution < 1.29 is 0 Å². The highest BCUT2D eigenvalue weighted by Gasteiger charge is 2.22. The fourth-order valence-corrected chi connectivity index (χ4v) is 5.28. The number of nitrogens with zero attached hydrogens (tertiary/aromatic N) is 3. The largest absolute Gasteiger partial charge is 0.308 e. The van der Waals surface area contributed by atoms with Gasteiger partial charge in [0.15, 0.2) is 0 Å². The summed E-state index contributed by atoms with van der Waals surface area (Å²) >= 11 is 0. The van der Waals surface area contributed by atoms with E-state index in [1.165, 1.54) is 44.2 Å². The van der Waals surface area contributed by atoms with Gasteiger partial charge in [0, 0.05) is 11.4 Å². The van der Waals surface area contributed by atoms with Crippen LogP contribution < -0.4 is 4.90 Å². The van der Waals surface area contributed by atoms with E-state index in [2.05, 4.69) is 106 Å². The molecule has 164 valence electrons. The number of para-hydroxylation sites is 1. The third-order valence-electron chi connectivity index (χ3n) is 6.80. The van der Waals surface area contributed by atoms with E-state index < -0.39 is 0 Å². The summed E-state index contributed by atoms with van der Waals surface area (Å²) in [4.78, 5) is 10.7. The molecule has 0 saturated carbocycles. The molecule has 0 unspecified atom stereocenters. The van der Waals surface area contributed by atoms with Gasteiger partial charge in [-0.3, -0.25) is 0 Å². The van der Waals surface area contributed by atoms with Gasteiger partial charge in [-0.15, -0.1) is 0 Å². The van der Waals surface area contributed by atoms with Gasteiger partial charge in [0.25, 0.3) is 0 Å². The molecule has 5 aromatic carbocycles. The van der Waals surface area contributed by atoms with Crippen molar-refractivity contribution in [2.45, 2.75) is 0 Å². The first-order valence-corrected chi connectivity index (χ1v) is 11.7. The van der Waals surface area contributed by atoms with E-state index in [1.54, 1.807) is 6.33 Å². The van der Waals surface area contributed by atoms with Gasteiger partial charge >= 0.3 is 0 Å². The number of anilines is 3. The molecule has 6 aromatic rings. The second kappa shape index (κ2) is 7.93. The van der Waals surface area contributed by atoms with Gasteiger partial charge in [0.05, 0.1) is 18.1 Å². The highest BCUT2D eigenvalue weighted by Crippen LogP contribution is 2.49. The zero-order valence-corrected chi connectivity index (χ0v) is 19.0. The minimum absolute atomic E-state index is 0.926. The molecule has 3 nitrogen and oxygen atoms in total. The van der Waals surface area contributed by atoms with Crippen LogP contribution in [0.3, 0.4) is 0 Å². The van der Waals surface area contributed by atoms with Gasteiger partial charge < -0.3 is 4.90 Å². The molecule has 1 heterocycles. The maximum absolute atomic E-state index is 4.24. The van der Waals surface area contributed by atoms with Crippen LogP contribution in [0.2, 0.25) is 0 Å². The van der Waals surface area contributed by atoms with E-state index >= 15 is 0 Å². The summed E-state index contributed by atoms with van der Waals surface area (Å²) in [5, 5.41) is 2.64. The normalized spacial score (nSPS) is 11.4. The Morgan fingerprint density at radius 3 is 1.77 bits per heavy atom. The van der Waals surface area contributed by atoms with Gasteiger partial charge in [-0.05, 0) is 68.4 Å². The number of rotatable bonds is 4. The predicted octanol–water partition coefficient (Wildman–Crippen LogP) is 8.41. The first kappa shape index (κ1) is 19.7. The first-order chi connectivity index (χ1) is 17.4. The van der Waals surface area contributed by atoms with Crippen molar-refractivity contribution in [1.82, 2.24) is 9.97 Å². The highest BCUT2D eigenvalue weighted by atomic mass is 15.2. The first-order valence-electron chi connectivity index (χ1n) is 11.7. The van der Waals surface area contributed by atoms with Crippen molar-refractivity contribution in [2.24, 2.45) is 0 Å². The average Bonchev–Trinajstić information content (AvgIpc) is 3.26. The minimum atomic E-state index is 0.926. The zero-order valence-electron chi connectivity index (χ0n) is 19.0. The smallest absolute Gasteiger partial charge is 0.115 e. The van der Waals surface area contributed by atoms with Crippen molar-refractivity contribution in [3.05, 3.63) is 128 Å². The summed E-state index contributed by atoms with van der Waals surface area (Å²) in [5.41, 5.74) is 10.8. The van der Waals surface area contributed by atoms with E-state index in [-0.39, 0.29) is 0 Å². The second-order valence-electron chi connectivity index (χ2n) is 8.75. The molecule has 0 radical (unpaired) electrons. The van der Waals surface area contributed by atoms with E-state index in [9.17, 15) is 0 Å². The molecule has 1 aliphatic carbocycles. The molecule has 0 fully saturated rings. The summed E-state index contributed by atoms with van der Waals surface area (Å²) in [5.74, 6) is 0. The lowest BCUT2D eigenvalue weighted by Crippen LogP contribution is -2.10. The number of benzene rings is 5. The Labute approximate surface area is 204 Å². The number of hydrogen-bond donors (Lipinski definition) is 0. The summed E-state index contributed by atoms with van der Waals surface area (Å²) in [6, 6.07) is 39.0. The van der Waals surface area contributed by atoms with Crippen LogP contribution in [0.5, 0.6) is 0 Å². The summed E-state index contributed by atoms with van der Waals surface area (Å²) in [6.45, 7) is 0. The molecular weight excluding hydrogens is 426 g/mol. The standard InChI is InChI=1S/C32H21N3/c1-2-7-23(8-3-1)35(25-19-33-21-34-20-25)24-15-13-22(14-16-24)26-17-18-31-28-10-5-4-9-27(28)30-12-6-11-29(26)32(30)31/h1-21H. The van der Waals surface area contributed by atoms with Gasteiger partial charge in [-0.1, -0.05) is 84.9 Å². The Hall–Kier alpha value is -4.76. The Balaban J connectivity index is 1.34. The Bertz CT molecular complexity index is 1610. The van der Waals surface area contributed by atoms with E-state index in [4.69, 9.17) is 0 Å². The number of fused-ring (bicyclic) bond motifs is 3. The van der Waals surface area contributed by atoms with Gasteiger partial charge in [-0.2, -0.15) is 0 Å². The molecule has 1 aromatic heterocycles. The Kier molecular flexibility index (Phi) is 4.46. The van der Waals surface area contributed by atoms with Gasteiger partial charge in [0.1, 0.15) is 6.33 Å². The van der Waals surface area contributed by atoms with Crippen LogP contribution in [-0.2, 0) is 0 Å². The van der Waals surface area contributed by atoms with Crippen LogP contribution in [0, 0.1) is 0 Å². The van der Waals surface area contributed by atoms with Crippen LogP contribution in [0.1, 0.15) is 0 Å². The molecule has 0 saturated heterocycles. The van der Waals surface area contributed by atoms with Crippen LogP contribution in [-0.4, -0.2) is 9.97 Å². The third-order valence-corrected chi connectivity index (χ3v) is 6.80. The Morgan fingerprint density at radius 1 is 0.429 bits per heavy atom. The van der Waals surface area contributed by atoms with E-state index in [0.717, 1.165) is 17.1 Å². The molecule has 1 aliphatic rings. The lowest BCUT2D eigenvalue weighted by Gasteiger charge is -2.24. The molecule has 0 spiro atoms. The molecule has 0 amide bonds. The van der Waals surface area contributed by atoms with E-state index in [0.29, 0.717) is 0 Å². The molecule has 3 heteroatoms. The van der Waals surface area contributed by atoms with Crippen LogP contribution >= 0.6 is 0 Å². The van der Waals surface area contributed by atoms with E-state index in [1.807, 2.05) is 30.6 Å². The molecular formula is C32H21N3. The lowest BCUT2D eigenvalue weighted by molar-refractivity contribution is 1.13. The Morgan fingerprint density at radius 2 is 1.03 bits per heavy atom. The molecule has 0 aliphatic heterocycles. The van der Waals surface area contributed by atoms with Crippen LogP contribution in [0.15, 0.2) is 128 Å². The molecule has 0 atom stereocenters. The average molecular weight is 448 g/mol. The molecule has 0 bridgehead atoms. The van der Waals surface area contributed by atoms with Crippen molar-refractivity contribution in [3.8, 4) is 33.4 Å². The number of hydrogen-bond acceptors (Lipinski definition) is 3. The van der Waals surface area contributed by atoms with Crippen LogP contribution in [0.4, 0.5) is 17.1 Å². The molecule has 0 N–H and O–H groups in total. The van der Waals surface area contributed by atoms with Crippen LogP contribution in [0.25, 0.3) is 44.2 Å². The number of aromatic nitrogens is 2. The predicted molar refractivity (Wildman–Crippen MR) is 144 cm³/mol. The van der Waals surface area contributed by atoms with Crippen molar-refractivity contribution in [1.29, 1.82) is 0 Å². The zero-order chi connectivity index (χ0) is 23.2. The third kappa shape index (κ3) is 3.13. The summed E-state index contributed by atoms with van der Waals surface area (Å²) in [7, 11) is 0. The summed E-state index contributed by atoms with van der Waals surface area (Å²) in [6.07, 6.45) is 5.24. The lowest BCUT2D eigenvalue weighted by atomic mass is 9.94. The second-order valence-corrected chi connectivity index (χ2v) is 8.75. The van der Waals surface area contributed by atoms with Gasteiger partial charge in [-0.25, -0.2) is 9.97 Å². The fraction of sp³-hybridized carbons (Fsp3) is 0. The monoisotopic (exact) mass is 447 g/mol. The minimum Gasteiger partial charge on any atom is -0.308 e. The summed E-state index contributed by atoms with van der Waals surface area (Å²) < 4.78 is 0. The van der Waals surface area contributed by atoms with Gasteiger partial charge in [0.2, 0.25) is 0 Å². The fourth-order valence-electron chi connectivity index (χ4n) is 5.28. The van der Waals surface area contributed by atoms with Crippen molar-refractivity contribution in [2.75, 3.05) is 4.90 Å². The maximum Gasteiger partial charge on any atom is 0.115 e. The topological polar surface area (TPSA) is 29.0 Å². The molecule has 7 rings (SSSR count). The SMILES string of the molecule is c1ccc(N(c2ccc(-c3ccc4c5c(cccc35)-c3ccccc3-4)cc2)c2cncnc2)cc1. The maximum atomic E-state index is 4.24. The van der Waals surface area contributed by atoms with Crippen molar-refractivity contribution >= 4 is 27.8 Å². The van der Waals surface area contributed by atoms with Crippen molar-refractivity contribution in [3.63, 3.8) is 0 Å². The molecule has 35 heavy (non-hydrogen) atoms. The quantitative estimate of drug-likeness (QED) is 0.271. The highest BCUT2D eigenvalue weighted by molar-refractivity contribution is 6.18.